The summed E-state index contributed by atoms with van der Waals surface area (Å²) in [7, 11) is 0. The van der Waals surface area contributed by atoms with Crippen LogP contribution in [0.5, 0.6) is 0 Å². The van der Waals surface area contributed by atoms with Gasteiger partial charge < -0.3 is 14.8 Å². The molecule has 1 fully saturated rings. The number of hydrogen-bond donors (Lipinski definition) is 2. The Kier molecular flexibility index (Phi) is 4.02. The van der Waals surface area contributed by atoms with Crippen LogP contribution >= 0.6 is 0 Å². The van der Waals surface area contributed by atoms with E-state index in [1.807, 2.05) is 19.1 Å². The number of aliphatic hydroxyl groups is 1. The minimum Gasteiger partial charge on any atom is -0.465 e. The molecule has 2 rings (SSSR count). The quantitative estimate of drug-likeness (QED) is 0.803. The molecule has 1 heterocycles. The number of nitrogens with one attached hydrogen (secondary N) is 1. The van der Waals surface area contributed by atoms with Gasteiger partial charge in [-0.25, -0.2) is 0 Å². The first-order valence-corrected chi connectivity index (χ1v) is 6.16. The Balaban J connectivity index is 1.71. The number of aryl methyl sites for hydroxylation is 1. The van der Waals surface area contributed by atoms with Crippen molar-refractivity contribution >= 4 is 0 Å². The van der Waals surface area contributed by atoms with E-state index in [4.69, 9.17) is 4.42 Å². The zero-order valence-electron chi connectivity index (χ0n) is 9.91. The van der Waals surface area contributed by atoms with Gasteiger partial charge in [-0.15, -0.1) is 0 Å². The summed E-state index contributed by atoms with van der Waals surface area (Å²) in [6, 6.07) is 4.00. The third-order valence-corrected chi connectivity index (χ3v) is 3.55. The van der Waals surface area contributed by atoms with Gasteiger partial charge in [0, 0.05) is 6.61 Å². The highest BCUT2D eigenvalue weighted by atomic mass is 16.3. The second kappa shape index (κ2) is 5.51. The molecular weight excluding hydrogens is 202 g/mol. The van der Waals surface area contributed by atoms with Crippen LogP contribution in [0.25, 0.3) is 0 Å². The van der Waals surface area contributed by atoms with Gasteiger partial charge in [-0.3, -0.25) is 0 Å². The van der Waals surface area contributed by atoms with Crippen LogP contribution in [0.15, 0.2) is 16.5 Å². The Morgan fingerprint density at radius 1 is 1.38 bits per heavy atom. The summed E-state index contributed by atoms with van der Waals surface area (Å²) in [5.74, 6) is 3.11. The third kappa shape index (κ3) is 2.86. The van der Waals surface area contributed by atoms with E-state index in [0.717, 1.165) is 24.6 Å². The van der Waals surface area contributed by atoms with Crippen molar-refractivity contribution in [3.8, 4) is 0 Å². The Labute approximate surface area is 96.8 Å². The maximum absolute atomic E-state index is 9.21. The minimum absolute atomic E-state index is 0.339. The summed E-state index contributed by atoms with van der Waals surface area (Å²) in [5, 5.41) is 12.6. The van der Waals surface area contributed by atoms with E-state index in [0.29, 0.717) is 18.4 Å². The monoisotopic (exact) mass is 223 g/mol. The molecule has 2 N–H and O–H groups in total. The lowest BCUT2D eigenvalue weighted by Crippen LogP contribution is -2.26. The van der Waals surface area contributed by atoms with Crippen LogP contribution in [0.3, 0.4) is 0 Å². The zero-order chi connectivity index (χ0) is 11.4. The molecule has 0 radical (unpaired) electrons. The molecule has 3 nitrogen and oxygen atoms in total. The molecule has 2 unspecified atom stereocenters. The molecule has 1 aliphatic rings. The van der Waals surface area contributed by atoms with Crippen LogP contribution in [-0.2, 0) is 6.54 Å². The van der Waals surface area contributed by atoms with Crippen LogP contribution in [0.4, 0.5) is 0 Å². The molecule has 0 spiro atoms. The fraction of sp³-hybridized carbons (Fsp3) is 0.692. The average Bonchev–Trinajstić information content (AvgIpc) is 2.87. The van der Waals surface area contributed by atoms with Gasteiger partial charge in [-0.05, 0) is 50.3 Å². The molecule has 1 aromatic heterocycles. The maximum atomic E-state index is 9.21. The Morgan fingerprint density at radius 3 is 2.88 bits per heavy atom. The fourth-order valence-corrected chi connectivity index (χ4v) is 2.58. The van der Waals surface area contributed by atoms with Gasteiger partial charge in [-0.1, -0.05) is 6.42 Å². The smallest absolute Gasteiger partial charge is 0.117 e. The molecule has 90 valence electrons. The summed E-state index contributed by atoms with van der Waals surface area (Å²) >= 11 is 0. The standard InChI is InChI=1S/C13H21NO2/c1-10-5-6-13(16-10)8-14-7-11-3-2-4-12(11)9-15/h5-6,11-12,14-15H,2-4,7-9H2,1H3. The molecule has 1 saturated carbocycles. The Morgan fingerprint density at radius 2 is 2.19 bits per heavy atom. The number of hydrogen-bond acceptors (Lipinski definition) is 3. The lowest BCUT2D eigenvalue weighted by atomic mass is 9.97. The summed E-state index contributed by atoms with van der Waals surface area (Å²) in [6.45, 7) is 4.09. The van der Waals surface area contributed by atoms with Gasteiger partial charge in [0.05, 0.1) is 6.54 Å². The summed E-state index contributed by atoms with van der Waals surface area (Å²) in [4.78, 5) is 0. The highest BCUT2D eigenvalue weighted by molar-refractivity contribution is 5.05. The largest absolute Gasteiger partial charge is 0.465 e. The van der Waals surface area contributed by atoms with Gasteiger partial charge >= 0.3 is 0 Å². The van der Waals surface area contributed by atoms with E-state index in [2.05, 4.69) is 5.32 Å². The minimum atomic E-state index is 0.339. The lowest BCUT2D eigenvalue weighted by Gasteiger charge is -2.17. The third-order valence-electron chi connectivity index (χ3n) is 3.55. The molecular formula is C13H21NO2. The van der Waals surface area contributed by atoms with Crippen molar-refractivity contribution in [3.05, 3.63) is 23.7 Å². The number of aliphatic hydroxyl groups excluding tert-OH is 1. The summed E-state index contributed by atoms with van der Waals surface area (Å²) in [5.41, 5.74) is 0. The predicted octanol–water partition coefficient (Wildman–Crippen LogP) is 2.09. The maximum Gasteiger partial charge on any atom is 0.117 e. The van der Waals surface area contributed by atoms with Crippen molar-refractivity contribution in [2.75, 3.05) is 13.2 Å². The SMILES string of the molecule is Cc1ccc(CNCC2CCCC2CO)o1. The van der Waals surface area contributed by atoms with Gasteiger partial charge in [0.2, 0.25) is 0 Å². The molecule has 0 saturated heterocycles. The van der Waals surface area contributed by atoms with E-state index in [9.17, 15) is 5.11 Å². The topological polar surface area (TPSA) is 45.4 Å². The first kappa shape index (κ1) is 11.7. The van der Waals surface area contributed by atoms with Crippen LogP contribution in [-0.4, -0.2) is 18.3 Å². The van der Waals surface area contributed by atoms with Crippen LogP contribution in [0.2, 0.25) is 0 Å². The average molecular weight is 223 g/mol. The first-order chi connectivity index (χ1) is 7.79. The second-order valence-electron chi connectivity index (χ2n) is 4.78. The van der Waals surface area contributed by atoms with Crippen molar-refractivity contribution in [2.45, 2.75) is 32.7 Å². The fourth-order valence-electron chi connectivity index (χ4n) is 2.58. The van der Waals surface area contributed by atoms with Crippen molar-refractivity contribution in [1.29, 1.82) is 0 Å². The molecule has 0 aromatic carbocycles. The van der Waals surface area contributed by atoms with Crippen LogP contribution < -0.4 is 5.32 Å². The molecule has 2 atom stereocenters. The molecule has 0 bridgehead atoms. The van der Waals surface area contributed by atoms with E-state index in [1.165, 1.54) is 19.3 Å². The molecule has 3 heteroatoms. The second-order valence-corrected chi connectivity index (χ2v) is 4.78. The Hall–Kier alpha value is -0.800. The van der Waals surface area contributed by atoms with E-state index in [-0.39, 0.29) is 0 Å². The van der Waals surface area contributed by atoms with E-state index < -0.39 is 0 Å². The van der Waals surface area contributed by atoms with E-state index in [1.54, 1.807) is 0 Å². The summed E-state index contributed by atoms with van der Waals surface area (Å²) in [6.07, 6.45) is 3.69. The van der Waals surface area contributed by atoms with Crippen molar-refractivity contribution in [2.24, 2.45) is 11.8 Å². The normalized spacial score (nSPS) is 25.1. The molecule has 0 aliphatic heterocycles. The van der Waals surface area contributed by atoms with Crippen molar-refractivity contribution < 1.29 is 9.52 Å². The molecule has 1 aliphatic carbocycles. The number of rotatable bonds is 5. The Bertz CT molecular complexity index is 321. The highest BCUT2D eigenvalue weighted by Gasteiger charge is 2.25. The molecule has 16 heavy (non-hydrogen) atoms. The van der Waals surface area contributed by atoms with Crippen LogP contribution in [0.1, 0.15) is 30.8 Å². The van der Waals surface area contributed by atoms with Gasteiger partial charge in [0.25, 0.3) is 0 Å². The predicted molar refractivity (Wildman–Crippen MR) is 63.1 cm³/mol. The first-order valence-electron chi connectivity index (χ1n) is 6.16. The summed E-state index contributed by atoms with van der Waals surface area (Å²) < 4.78 is 5.49. The van der Waals surface area contributed by atoms with Gasteiger partial charge in [0.15, 0.2) is 0 Å². The highest BCUT2D eigenvalue weighted by Crippen LogP contribution is 2.30. The molecule has 0 amide bonds. The van der Waals surface area contributed by atoms with Gasteiger partial charge in [0.1, 0.15) is 11.5 Å². The van der Waals surface area contributed by atoms with Crippen LogP contribution in [0, 0.1) is 18.8 Å². The zero-order valence-corrected chi connectivity index (χ0v) is 9.91. The van der Waals surface area contributed by atoms with Crippen molar-refractivity contribution in [3.63, 3.8) is 0 Å². The van der Waals surface area contributed by atoms with Crippen molar-refractivity contribution in [1.82, 2.24) is 5.32 Å². The van der Waals surface area contributed by atoms with Gasteiger partial charge in [-0.2, -0.15) is 0 Å². The molecule has 1 aromatic rings. The van der Waals surface area contributed by atoms with E-state index >= 15 is 0 Å². The number of furan rings is 1. The lowest BCUT2D eigenvalue weighted by molar-refractivity contribution is 0.192.